The van der Waals surface area contributed by atoms with E-state index in [1.807, 2.05) is 13.8 Å². The van der Waals surface area contributed by atoms with Crippen molar-refractivity contribution in [1.82, 2.24) is 9.78 Å². The smallest absolute Gasteiger partial charge is 0.160 e. The number of aliphatic hydroxyl groups is 1. The van der Waals surface area contributed by atoms with Crippen LogP contribution in [0.25, 0.3) is 0 Å². The Morgan fingerprint density at radius 3 is 2.68 bits per heavy atom. The van der Waals surface area contributed by atoms with Gasteiger partial charge in [0.05, 0.1) is 17.4 Å². The Kier molecular flexibility index (Phi) is 5.09. The van der Waals surface area contributed by atoms with E-state index >= 15 is 0 Å². The molecule has 0 aliphatic heterocycles. The molecule has 4 aliphatic carbocycles. The normalized spacial score (nSPS) is 45.1. The van der Waals surface area contributed by atoms with Gasteiger partial charge in [0.1, 0.15) is 12.1 Å². The van der Waals surface area contributed by atoms with Crippen LogP contribution >= 0.6 is 0 Å². The van der Waals surface area contributed by atoms with Crippen LogP contribution < -0.4 is 0 Å². The molecular weight excluding hydrogens is 386 g/mol. The van der Waals surface area contributed by atoms with E-state index in [0.717, 1.165) is 43.4 Å². The van der Waals surface area contributed by atoms with Gasteiger partial charge in [0.2, 0.25) is 0 Å². The molecule has 9 atom stereocenters. The Labute approximate surface area is 186 Å². The van der Waals surface area contributed by atoms with E-state index in [9.17, 15) is 9.90 Å². The largest absolute Gasteiger partial charge is 0.390 e. The van der Waals surface area contributed by atoms with E-state index in [0.29, 0.717) is 23.2 Å². The molecule has 1 N–H and O–H groups in total. The minimum atomic E-state index is -0.462. The number of fused-ring (bicyclic) bond motifs is 5. The number of rotatable bonds is 3. The molecule has 31 heavy (non-hydrogen) atoms. The lowest BCUT2D eigenvalue weighted by Gasteiger charge is -2.57. The van der Waals surface area contributed by atoms with Gasteiger partial charge in [-0.15, -0.1) is 0 Å². The highest BCUT2D eigenvalue weighted by Crippen LogP contribution is 2.65. The first-order valence-electron chi connectivity index (χ1n) is 12.4. The fourth-order valence-corrected chi connectivity index (χ4v) is 8.58. The van der Waals surface area contributed by atoms with E-state index in [2.05, 4.69) is 18.1 Å². The van der Waals surface area contributed by atoms with Crippen molar-refractivity contribution in [3.8, 4) is 6.07 Å². The molecule has 4 aliphatic rings. The summed E-state index contributed by atoms with van der Waals surface area (Å²) in [5.74, 6) is 4.09. The maximum Gasteiger partial charge on any atom is 0.160 e. The molecule has 0 aromatic carbocycles. The zero-order valence-corrected chi connectivity index (χ0v) is 19.3. The highest BCUT2D eigenvalue weighted by molar-refractivity contribution is 5.85. The molecule has 0 spiro atoms. The standard InChI is InChI=1S/C26H37N3O2/c1-16(29-15-17(13-27)14-28-29)24(30)23-7-6-22-21-5-4-18-12-25(2,31)10-8-19(18)20(21)9-11-26(22,23)3/h14-16,18-23,31H,4-12H2,1-3H3/t16-,18+,19-,20+,21+,22-,23+,25+,26-/m0/s1. The first-order valence-corrected chi connectivity index (χ1v) is 12.4. The van der Waals surface area contributed by atoms with Gasteiger partial charge >= 0.3 is 0 Å². The Morgan fingerprint density at radius 2 is 1.94 bits per heavy atom. The number of Topliss-reactive ketones (excluding diaryl/α,β-unsaturated/α-hetero) is 1. The lowest BCUT2D eigenvalue weighted by atomic mass is 9.49. The van der Waals surface area contributed by atoms with Gasteiger partial charge in [-0.2, -0.15) is 10.4 Å². The molecule has 0 unspecified atom stereocenters. The topological polar surface area (TPSA) is 78.9 Å². The van der Waals surface area contributed by atoms with Crippen molar-refractivity contribution in [2.24, 2.45) is 40.9 Å². The van der Waals surface area contributed by atoms with Crippen molar-refractivity contribution >= 4 is 5.78 Å². The maximum atomic E-state index is 13.6. The maximum absolute atomic E-state index is 13.6. The zero-order valence-electron chi connectivity index (χ0n) is 19.3. The number of hydrogen-bond acceptors (Lipinski definition) is 4. The summed E-state index contributed by atoms with van der Waals surface area (Å²) in [6.45, 7) is 6.37. The highest BCUT2D eigenvalue weighted by atomic mass is 16.3. The third kappa shape index (κ3) is 3.37. The molecule has 0 radical (unpaired) electrons. The van der Waals surface area contributed by atoms with Crippen molar-refractivity contribution in [3.63, 3.8) is 0 Å². The first-order chi connectivity index (χ1) is 14.7. The van der Waals surface area contributed by atoms with Gasteiger partial charge < -0.3 is 5.11 Å². The second-order valence-electron chi connectivity index (χ2n) is 11.7. The molecule has 0 bridgehead atoms. The van der Waals surface area contributed by atoms with Crippen LogP contribution in [0.1, 0.15) is 90.2 Å². The Balaban J connectivity index is 1.33. The van der Waals surface area contributed by atoms with Crippen molar-refractivity contribution < 1.29 is 9.90 Å². The predicted octanol–water partition coefficient (Wildman–Crippen LogP) is 4.90. The molecule has 1 heterocycles. The number of carbonyl (C=O) groups excluding carboxylic acids is 1. The van der Waals surface area contributed by atoms with Gasteiger partial charge in [-0.05, 0) is 107 Å². The average molecular weight is 424 g/mol. The Morgan fingerprint density at radius 1 is 1.16 bits per heavy atom. The summed E-state index contributed by atoms with van der Waals surface area (Å²) in [5, 5.41) is 24.0. The predicted molar refractivity (Wildman–Crippen MR) is 118 cm³/mol. The van der Waals surface area contributed by atoms with Crippen LogP contribution in [0.3, 0.4) is 0 Å². The zero-order chi connectivity index (χ0) is 22.0. The number of hydrogen-bond donors (Lipinski definition) is 1. The van der Waals surface area contributed by atoms with Gasteiger partial charge in [0.25, 0.3) is 0 Å². The SMILES string of the molecule is C[C@@H](C(=O)[C@H]1CC[C@H]2[C@@H]3CC[C@@H]4C[C@](C)(O)CC[C@@H]4[C@H]3CC[C@]12C)n1cc(C#N)cn1. The van der Waals surface area contributed by atoms with Crippen LogP contribution in [0.4, 0.5) is 0 Å². The Hall–Kier alpha value is -1.67. The quantitative estimate of drug-likeness (QED) is 0.749. The minimum Gasteiger partial charge on any atom is -0.390 e. The van der Waals surface area contributed by atoms with Gasteiger partial charge in [-0.1, -0.05) is 6.92 Å². The molecule has 5 heteroatoms. The van der Waals surface area contributed by atoms with Gasteiger partial charge in [0, 0.05) is 12.1 Å². The third-order valence-electron chi connectivity index (χ3n) is 10.1. The number of nitriles is 1. The van der Waals surface area contributed by atoms with E-state index in [-0.39, 0.29) is 17.4 Å². The molecule has 0 saturated heterocycles. The molecular formula is C26H37N3O2. The van der Waals surface area contributed by atoms with E-state index in [4.69, 9.17) is 5.26 Å². The summed E-state index contributed by atoms with van der Waals surface area (Å²) in [7, 11) is 0. The number of aromatic nitrogens is 2. The summed E-state index contributed by atoms with van der Waals surface area (Å²) < 4.78 is 1.68. The molecule has 0 amide bonds. The van der Waals surface area contributed by atoms with Crippen LogP contribution in [0.15, 0.2) is 12.4 Å². The van der Waals surface area contributed by atoms with Crippen LogP contribution in [0.5, 0.6) is 0 Å². The van der Waals surface area contributed by atoms with Crippen LogP contribution in [-0.4, -0.2) is 26.3 Å². The second kappa shape index (κ2) is 7.44. The van der Waals surface area contributed by atoms with Crippen LogP contribution in [-0.2, 0) is 4.79 Å². The molecule has 5 rings (SSSR count). The molecule has 1 aromatic heterocycles. The number of carbonyl (C=O) groups is 1. The molecule has 5 nitrogen and oxygen atoms in total. The van der Waals surface area contributed by atoms with E-state index in [1.54, 1.807) is 17.1 Å². The summed E-state index contributed by atoms with van der Waals surface area (Å²) >= 11 is 0. The highest BCUT2D eigenvalue weighted by Gasteiger charge is 2.59. The van der Waals surface area contributed by atoms with Crippen molar-refractivity contribution in [1.29, 1.82) is 5.26 Å². The van der Waals surface area contributed by atoms with Crippen molar-refractivity contribution in [2.45, 2.75) is 90.2 Å². The number of ketones is 1. The molecule has 1 aromatic rings. The van der Waals surface area contributed by atoms with Crippen LogP contribution in [0.2, 0.25) is 0 Å². The minimum absolute atomic E-state index is 0.102. The van der Waals surface area contributed by atoms with Crippen molar-refractivity contribution in [3.05, 3.63) is 18.0 Å². The Bertz CT molecular complexity index is 899. The van der Waals surface area contributed by atoms with Crippen molar-refractivity contribution in [2.75, 3.05) is 0 Å². The summed E-state index contributed by atoms with van der Waals surface area (Å²) in [5.41, 5.74) is 0.153. The summed E-state index contributed by atoms with van der Waals surface area (Å²) in [6, 6.07) is 1.80. The van der Waals surface area contributed by atoms with Gasteiger partial charge in [0.15, 0.2) is 5.78 Å². The lowest BCUT2D eigenvalue weighted by Crippen LogP contribution is -2.51. The van der Waals surface area contributed by atoms with E-state index < -0.39 is 5.60 Å². The number of nitrogens with zero attached hydrogens (tertiary/aromatic N) is 3. The molecule has 4 saturated carbocycles. The molecule has 4 fully saturated rings. The first kappa shape index (κ1) is 21.2. The van der Waals surface area contributed by atoms with Gasteiger partial charge in [-0.3, -0.25) is 9.48 Å². The fourth-order valence-electron chi connectivity index (χ4n) is 8.58. The lowest BCUT2D eigenvalue weighted by molar-refractivity contribution is -0.135. The third-order valence-corrected chi connectivity index (χ3v) is 10.1. The van der Waals surface area contributed by atoms with Gasteiger partial charge in [-0.25, -0.2) is 0 Å². The van der Waals surface area contributed by atoms with Crippen LogP contribution in [0, 0.1) is 52.3 Å². The fraction of sp³-hybridized carbons (Fsp3) is 0.808. The summed E-state index contributed by atoms with van der Waals surface area (Å²) in [4.78, 5) is 13.6. The van der Waals surface area contributed by atoms with E-state index in [1.165, 1.54) is 32.1 Å². The molecule has 168 valence electrons. The summed E-state index contributed by atoms with van der Waals surface area (Å²) in [6.07, 6.45) is 13.5. The monoisotopic (exact) mass is 423 g/mol. The average Bonchev–Trinajstić information content (AvgIpc) is 3.35. The second-order valence-corrected chi connectivity index (χ2v) is 11.7.